The van der Waals surface area contributed by atoms with Crippen LogP contribution >= 0.6 is 11.3 Å². The number of halogens is 1. The molecule has 6 heteroatoms. The second kappa shape index (κ2) is 6.93. The van der Waals surface area contributed by atoms with Gasteiger partial charge in [-0.25, -0.2) is 9.78 Å². The molecule has 1 atom stereocenters. The molecule has 0 saturated carbocycles. The van der Waals surface area contributed by atoms with E-state index < -0.39 is 0 Å². The van der Waals surface area contributed by atoms with Gasteiger partial charge in [-0.15, -0.1) is 11.3 Å². The fourth-order valence-corrected chi connectivity index (χ4v) is 2.88. The smallest absolute Gasteiger partial charge is 0.357 e. The maximum atomic E-state index is 11.5. The summed E-state index contributed by atoms with van der Waals surface area (Å²) in [6.07, 6.45) is 2.42. The Morgan fingerprint density at radius 1 is 1.71 bits per heavy atom. The highest BCUT2D eigenvalue weighted by molar-refractivity contribution is 7.09. The Morgan fingerprint density at radius 2 is 2.53 bits per heavy atom. The number of nitrogens with two attached hydrogens (primary N) is 1. The lowest BCUT2D eigenvalue weighted by Gasteiger charge is -2.17. The van der Waals surface area contributed by atoms with Crippen LogP contribution in [0.5, 0.6) is 0 Å². The first kappa shape index (κ1) is 14.4. The van der Waals surface area contributed by atoms with Gasteiger partial charge in [-0.3, -0.25) is 0 Å². The molecule has 1 fully saturated rings. The molecule has 2 N–H and O–H groups in total. The minimum atomic E-state index is -0.301. The lowest BCUT2D eigenvalue weighted by molar-refractivity contribution is -0.664. The summed E-state index contributed by atoms with van der Waals surface area (Å²) in [6.45, 7) is 4.52. The molecule has 4 nitrogen and oxygen atoms in total. The number of ether oxygens (including phenoxy) is 1. The van der Waals surface area contributed by atoms with Crippen LogP contribution in [0.1, 0.15) is 41.2 Å². The van der Waals surface area contributed by atoms with Crippen molar-refractivity contribution in [2.45, 2.75) is 25.7 Å². The van der Waals surface area contributed by atoms with Gasteiger partial charge in [0.2, 0.25) is 0 Å². The molecule has 0 bridgehead atoms. The standard InChI is InChI=1S/C11H16N2O2S.ClH/c1-2-15-11(14)9-7-16-10(13-9)8-4-3-5-12-6-8;/h7-8,12H,2-6H2,1H3;1H. The monoisotopic (exact) mass is 276 g/mol. The molecule has 0 aromatic carbocycles. The van der Waals surface area contributed by atoms with Crippen molar-refractivity contribution in [1.82, 2.24) is 4.98 Å². The molecular formula is C11H17ClN2O2S. The lowest BCUT2D eigenvalue weighted by Crippen LogP contribution is -3.00. The van der Waals surface area contributed by atoms with Gasteiger partial charge in [0.15, 0.2) is 5.69 Å². The minimum Gasteiger partial charge on any atom is -1.00 e. The summed E-state index contributed by atoms with van der Waals surface area (Å²) in [7, 11) is 0. The fraction of sp³-hybridized carbons (Fsp3) is 0.636. The summed E-state index contributed by atoms with van der Waals surface area (Å²) in [5, 5.41) is 5.21. The number of aromatic nitrogens is 1. The third kappa shape index (κ3) is 3.66. The third-order valence-electron chi connectivity index (χ3n) is 2.77. The number of nitrogens with zero attached hydrogens (tertiary/aromatic N) is 1. The summed E-state index contributed by atoms with van der Waals surface area (Å²) in [6, 6.07) is 0. The Labute approximate surface area is 111 Å². The maximum absolute atomic E-state index is 11.5. The van der Waals surface area contributed by atoms with Crippen molar-refractivity contribution in [3.63, 3.8) is 0 Å². The van der Waals surface area contributed by atoms with Crippen molar-refractivity contribution in [2.24, 2.45) is 0 Å². The quantitative estimate of drug-likeness (QED) is 0.636. The summed E-state index contributed by atoms with van der Waals surface area (Å²) < 4.78 is 4.93. The Bertz CT molecular complexity index is 364. The molecule has 96 valence electrons. The highest BCUT2D eigenvalue weighted by Crippen LogP contribution is 2.24. The first-order valence-corrected chi connectivity index (χ1v) is 6.63. The number of carbonyl (C=O) groups excluding carboxylic acids is 1. The van der Waals surface area contributed by atoms with Crippen LogP contribution in [0.4, 0.5) is 0 Å². The molecule has 17 heavy (non-hydrogen) atoms. The van der Waals surface area contributed by atoms with Crippen molar-refractivity contribution >= 4 is 17.3 Å². The van der Waals surface area contributed by atoms with Crippen molar-refractivity contribution in [3.05, 3.63) is 16.1 Å². The van der Waals surface area contributed by atoms with Crippen LogP contribution in [0, 0.1) is 0 Å². The molecule has 0 radical (unpaired) electrons. The molecule has 1 aliphatic heterocycles. The number of esters is 1. The zero-order valence-electron chi connectivity index (χ0n) is 9.82. The predicted octanol–water partition coefficient (Wildman–Crippen LogP) is -2.24. The highest BCUT2D eigenvalue weighted by Gasteiger charge is 2.22. The number of piperidine rings is 1. The first-order valence-electron chi connectivity index (χ1n) is 5.75. The second-order valence-electron chi connectivity index (χ2n) is 3.94. The summed E-state index contributed by atoms with van der Waals surface area (Å²) in [5.41, 5.74) is 0.465. The number of thiazole rings is 1. The maximum Gasteiger partial charge on any atom is 0.357 e. The van der Waals surface area contributed by atoms with Gasteiger partial charge in [-0.2, -0.15) is 0 Å². The molecule has 0 spiro atoms. The van der Waals surface area contributed by atoms with E-state index in [1.54, 1.807) is 18.3 Å². The van der Waals surface area contributed by atoms with Gasteiger partial charge < -0.3 is 22.5 Å². The van der Waals surface area contributed by atoms with Gasteiger partial charge in [-0.1, -0.05) is 0 Å². The molecule has 2 heterocycles. The molecule has 2 rings (SSSR count). The van der Waals surface area contributed by atoms with Gasteiger partial charge in [0.05, 0.1) is 25.6 Å². The molecule has 0 amide bonds. The van der Waals surface area contributed by atoms with Crippen LogP contribution in [-0.2, 0) is 4.74 Å². The van der Waals surface area contributed by atoms with Crippen LogP contribution < -0.4 is 17.7 Å². The van der Waals surface area contributed by atoms with Gasteiger partial charge >= 0.3 is 5.97 Å². The summed E-state index contributed by atoms with van der Waals surface area (Å²) in [5.74, 6) is 0.215. The van der Waals surface area contributed by atoms with E-state index in [4.69, 9.17) is 4.74 Å². The van der Waals surface area contributed by atoms with Crippen LogP contribution in [0.3, 0.4) is 0 Å². The summed E-state index contributed by atoms with van der Waals surface area (Å²) in [4.78, 5) is 15.8. The molecule has 1 aromatic heterocycles. The van der Waals surface area contributed by atoms with E-state index in [9.17, 15) is 4.79 Å². The van der Waals surface area contributed by atoms with Crippen LogP contribution in [0.15, 0.2) is 5.38 Å². The topological polar surface area (TPSA) is 55.8 Å². The Morgan fingerprint density at radius 3 is 3.18 bits per heavy atom. The van der Waals surface area contributed by atoms with Crippen molar-refractivity contribution in [3.8, 4) is 0 Å². The lowest BCUT2D eigenvalue weighted by atomic mass is 10.0. The van der Waals surface area contributed by atoms with E-state index in [1.165, 1.54) is 19.4 Å². The fourth-order valence-electron chi connectivity index (χ4n) is 1.94. The van der Waals surface area contributed by atoms with E-state index in [0.717, 1.165) is 11.6 Å². The number of hydrogen-bond acceptors (Lipinski definition) is 4. The third-order valence-corrected chi connectivity index (χ3v) is 3.78. The summed E-state index contributed by atoms with van der Waals surface area (Å²) >= 11 is 1.58. The molecule has 1 aliphatic rings. The van der Waals surface area contributed by atoms with Gasteiger partial charge in [-0.05, 0) is 19.8 Å². The number of rotatable bonds is 3. The van der Waals surface area contributed by atoms with Gasteiger partial charge in [0, 0.05) is 5.38 Å². The highest BCUT2D eigenvalue weighted by atomic mass is 35.5. The first-order chi connectivity index (χ1) is 7.81. The van der Waals surface area contributed by atoms with Crippen LogP contribution in [0.25, 0.3) is 0 Å². The Kier molecular flexibility index (Phi) is 5.88. The number of carbonyl (C=O) groups is 1. The van der Waals surface area contributed by atoms with Crippen molar-refractivity contribution < 1.29 is 27.3 Å². The normalized spacial score (nSPS) is 19.5. The van der Waals surface area contributed by atoms with Crippen LogP contribution in [-0.4, -0.2) is 30.6 Å². The van der Waals surface area contributed by atoms with E-state index >= 15 is 0 Å². The molecular weight excluding hydrogens is 260 g/mol. The SMILES string of the molecule is CCOC(=O)c1csc(C2CCC[NH2+]C2)n1.[Cl-]. The Hall–Kier alpha value is -0.650. The number of hydrogen-bond donors (Lipinski definition) is 1. The zero-order valence-corrected chi connectivity index (χ0v) is 11.4. The van der Waals surface area contributed by atoms with Gasteiger partial charge in [0.1, 0.15) is 5.01 Å². The number of quaternary nitrogens is 1. The minimum absolute atomic E-state index is 0. The van der Waals surface area contributed by atoms with E-state index in [2.05, 4.69) is 10.3 Å². The zero-order chi connectivity index (χ0) is 11.4. The second-order valence-corrected chi connectivity index (χ2v) is 4.83. The largest absolute Gasteiger partial charge is 1.00 e. The molecule has 0 aliphatic carbocycles. The van der Waals surface area contributed by atoms with Gasteiger partial charge in [0.25, 0.3) is 0 Å². The van der Waals surface area contributed by atoms with Crippen molar-refractivity contribution in [2.75, 3.05) is 19.7 Å². The van der Waals surface area contributed by atoms with E-state index in [1.807, 2.05) is 5.38 Å². The van der Waals surface area contributed by atoms with E-state index in [-0.39, 0.29) is 18.4 Å². The van der Waals surface area contributed by atoms with Crippen molar-refractivity contribution in [1.29, 1.82) is 0 Å². The molecule has 1 aromatic rings. The predicted molar refractivity (Wildman–Crippen MR) is 61.7 cm³/mol. The Balaban J connectivity index is 0.00000144. The average Bonchev–Trinajstić information content (AvgIpc) is 2.80. The molecule has 1 unspecified atom stereocenters. The van der Waals surface area contributed by atoms with E-state index in [0.29, 0.717) is 18.2 Å². The average molecular weight is 277 g/mol. The van der Waals surface area contributed by atoms with Crippen LogP contribution in [0.2, 0.25) is 0 Å². The molecule has 1 saturated heterocycles.